The van der Waals surface area contributed by atoms with Gasteiger partial charge in [-0.05, 0) is 24.9 Å². The van der Waals surface area contributed by atoms with Gasteiger partial charge in [-0.25, -0.2) is 31.5 Å². The molecule has 126 valence electrons. The summed E-state index contributed by atoms with van der Waals surface area (Å²) in [6, 6.07) is 0. The summed E-state index contributed by atoms with van der Waals surface area (Å²) in [4.78, 5) is 5.96. The molecule has 8 nitrogen and oxygen atoms in total. The number of hydrogen-bond donors (Lipinski definition) is 1. The fourth-order valence-corrected chi connectivity index (χ4v) is 0.328. The minimum atomic E-state index is -2.09. The van der Waals surface area contributed by atoms with Gasteiger partial charge in [-0.1, -0.05) is 0 Å². The summed E-state index contributed by atoms with van der Waals surface area (Å²) in [5.74, 6) is 2.05. The Morgan fingerprint density at radius 3 is 1.57 bits per heavy atom. The van der Waals surface area contributed by atoms with Crippen LogP contribution in [0.3, 0.4) is 0 Å². The smallest absolute Gasteiger partial charge is 0.234 e. The van der Waals surface area contributed by atoms with E-state index in [4.69, 9.17) is 10.8 Å². The Balaban J connectivity index is -0.0000000363. The van der Waals surface area contributed by atoms with E-state index in [9.17, 15) is 0 Å². The fourth-order valence-electron chi connectivity index (χ4n) is 0.328. The summed E-state index contributed by atoms with van der Waals surface area (Å²) in [7, 11) is 11.9. The molecule has 1 N–H and O–H groups in total. The molecule has 0 saturated carbocycles. The monoisotopic (exact) mass is 1090 g/mol. The van der Waals surface area contributed by atoms with E-state index in [0.717, 1.165) is 6.42 Å². The van der Waals surface area contributed by atoms with Crippen LogP contribution >= 0.6 is 0 Å². The third kappa shape index (κ3) is 46.5. The van der Waals surface area contributed by atoms with E-state index in [-0.39, 0.29) is 0 Å². The Kier molecular flexibility index (Phi) is 80.4. The van der Waals surface area contributed by atoms with Gasteiger partial charge >= 0.3 is 0 Å². The van der Waals surface area contributed by atoms with Crippen LogP contribution in [0.4, 0.5) is 0 Å². The van der Waals surface area contributed by atoms with Gasteiger partial charge in [0, 0.05) is 4.91 Å². The van der Waals surface area contributed by atoms with Crippen LogP contribution in [-0.4, -0.2) is 25.4 Å². The average Bonchev–Trinajstić information content (AvgIpc) is 2.41. The third-order valence-corrected chi connectivity index (χ3v) is 0.742. The van der Waals surface area contributed by atoms with E-state index in [2.05, 4.69) is 83.1 Å². The van der Waals surface area contributed by atoms with E-state index in [1.165, 1.54) is 14.2 Å². The van der Waals surface area contributed by atoms with Crippen LogP contribution in [0.15, 0.2) is 5.11 Å². The maximum Gasteiger partial charge on any atom is 0.234 e. The van der Waals surface area contributed by atoms with Crippen LogP contribution < -0.4 is 0 Å². The van der Waals surface area contributed by atoms with Gasteiger partial charge in [0.05, 0.1) is 0 Å². The van der Waals surface area contributed by atoms with Crippen LogP contribution in [0.5, 0.6) is 0 Å². The Bertz CT molecular complexity index is 274. The first-order valence-corrected chi connectivity index (χ1v) is 4.75. The molecule has 0 rings (SSSR count). The first-order chi connectivity index (χ1) is 9.49. The zero-order valence-electron chi connectivity index (χ0n) is 14.0. The third-order valence-electron chi connectivity index (χ3n) is 0.742. The molecule has 0 aliphatic carbocycles. The van der Waals surface area contributed by atoms with Crippen molar-refractivity contribution < 1.29 is 24.4 Å². The van der Waals surface area contributed by atoms with Crippen molar-refractivity contribution in [3.63, 3.8) is 0 Å². The van der Waals surface area contributed by atoms with E-state index >= 15 is 0 Å². The van der Waals surface area contributed by atoms with Crippen LogP contribution in [0.25, 0.3) is 10.4 Å². The molecule has 23 heavy (non-hydrogen) atoms. The first kappa shape index (κ1) is 42.8. The summed E-state index contributed by atoms with van der Waals surface area (Å²) >= 11 is 0. The summed E-state index contributed by atoms with van der Waals surface area (Å²) in [6.07, 6.45) is 0.750. The molecule has 1 atom stereocenters. The van der Waals surface area contributed by atoms with E-state index in [0.29, 0.717) is 0 Å². The fraction of sp³-hybridized carbons (Fsp3) is 0.333. The molecular formula is C12H21N3O5Rf3-6. The van der Waals surface area contributed by atoms with Gasteiger partial charge in [-0.2, -0.15) is 6.92 Å². The molecule has 0 aromatic heterocycles. The number of ether oxygens (including phenoxy) is 3. The van der Waals surface area contributed by atoms with Crippen LogP contribution in [-0.2, 0) is 19.1 Å². The van der Waals surface area contributed by atoms with E-state index in [1.54, 1.807) is 0 Å². The molecule has 0 bridgehead atoms. The molecule has 1 unspecified atom stereocenters. The maximum absolute atomic E-state index is 8.18. The molecule has 0 aromatic rings. The second-order valence-corrected chi connectivity index (χ2v) is 2.24. The predicted molar refractivity (Wildman–Crippen MR) is 75.2 cm³/mol. The van der Waals surface area contributed by atoms with Crippen molar-refractivity contribution in [3.05, 3.63) is 52.5 Å². The van der Waals surface area contributed by atoms with Crippen LogP contribution in [0, 0.1) is 53.9 Å². The Hall–Kier alpha value is -4.46. The first-order valence-electron chi connectivity index (χ1n) is 4.75. The largest absolute Gasteiger partial charge is 0.557 e. The maximum atomic E-state index is 8.18. The van der Waals surface area contributed by atoms with Crippen molar-refractivity contribution in [2.24, 2.45) is 5.11 Å². The zero-order valence-corrected chi connectivity index (χ0v) is 33.2. The summed E-state index contributed by atoms with van der Waals surface area (Å²) in [5, 5.41) is 11.1. The second kappa shape index (κ2) is 43.2. The van der Waals surface area contributed by atoms with E-state index in [1.807, 2.05) is 0 Å². The van der Waals surface area contributed by atoms with Crippen molar-refractivity contribution in [3.8, 4) is 11.8 Å². The predicted octanol–water partition coefficient (Wildman–Crippen LogP) is 2.98. The zero-order chi connectivity index (χ0) is 16.9. The standard InChI is InChI=1S/C5H5N3O3.C3H6.2C2H5O.3Rf/c1-3-4-5(10-2,11-9)7-8-6;3*1-3-2;;;/h9H,1-2H2;1-3H2;2*1H2,2H3;;;/q2*-2;2*-1;;;. The molecule has 0 amide bonds. The second-order valence-electron chi connectivity index (χ2n) is 2.24. The number of methoxy groups -OCH3 is 2. The Morgan fingerprint density at radius 2 is 1.43 bits per heavy atom. The van der Waals surface area contributed by atoms with Crippen molar-refractivity contribution in [1.82, 2.24) is 0 Å². The number of nitrogens with zero attached hydrogens (tertiary/aromatic N) is 3. The average molecular weight is 1090 g/mol. The number of hydrogen-bond acceptors (Lipinski definition) is 6. The number of azide groups is 1. The minimum absolute atomic E-state index is 0. The van der Waals surface area contributed by atoms with Crippen molar-refractivity contribution >= 4 is 0 Å². The van der Waals surface area contributed by atoms with Crippen LogP contribution in [0.2, 0.25) is 0 Å². The molecule has 11 heteroatoms. The Labute approximate surface area is 121 Å². The molecular weight excluding hydrogens is 1070 g/mol. The summed E-state index contributed by atoms with van der Waals surface area (Å²) < 4.78 is 12.2. The molecule has 0 saturated heterocycles. The van der Waals surface area contributed by atoms with Gasteiger partial charge in [0.15, 0.2) is 0 Å². The van der Waals surface area contributed by atoms with Gasteiger partial charge < -0.3 is 34.5 Å². The quantitative estimate of drug-likeness (QED) is 0.0685. The van der Waals surface area contributed by atoms with Gasteiger partial charge in [0.1, 0.15) is 0 Å². The number of rotatable bonds is 3. The summed E-state index contributed by atoms with van der Waals surface area (Å²) in [5.41, 5.74) is 7.96. The SMILES string of the molecule is [CH2-]C#CC(N=[N+]=[N-])(O[CH2-])OO.[CH2-]C[CH2-].[CH2-]OC.[CH2-]OC.[Rf].[Rf].[Rf]. The molecule has 0 aliphatic heterocycles. The van der Waals surface area contributed by atoms with E-state index < -0.39 is 5.91 Å². The molecule has 0 heterocycles. The minimum Gasteiger partial charge on any atom is -0.557 e. The molecule has 0 fully saturated rings. The molecule has 0 aliphatic rings. The Morgan fingerprint density at radius 1 is 1.13 bits per heavy atom. The summed E-state index contributed by atoms with van der Waals surface area (Å²) in [6.45, 7) is 9.86. The van der Waals surface area contributed by atoms with Gasteiger partial charge in [-0.3, -0.25) is 11.8 Å². The normalized spacial score (nSPS) is 8.87. The topological polar surface area (TPSA) is 106 Å². The molecule has 0 spiro atoms. The van der Waals surface area contributed by atoms with Gasteiger partial charge in [-0.15, -0.1) is 0 Å². The van der Waals surface area contributed by atoms with Gasteiger partial charge in [0.25, 0.3) is 0 Å². The van der Waals surface area contributed by atoms with Crippen molar-refractivity contribution in [2.45, 2.75) is 12.3 Å². The van der Waals surface area contributed by atoms with Gasteiger partial charge in [0.2, 0.25) is 5.91 Å². The molecule has 0 radical (unpaired) electrons. The molecule has 0 aromatic carbocycles. The van der Waals surface area contributed by atoms with Crippen molar-refractivity contribution in [1.29, 1.82) is 0 Å². The van der Waals surface area contributed by atoms with Crippen molar-refractivity contribution in [2.75, 3.05) is 14.2 Å². The van der Waals surface area contributed by atoms with Crippen LogP contribution in [0.1, 0.15) is 6.42 Å².